The van der Waals surface area contributed by atoms with Crippen LogP contribution in [0, 0.1) is 0 Å². The molecule has 0 aliphatic heterocycles. The Labute approximate surface area is 83.6 Å². The zero-order valence-corrected chi connectivity index (χ0v) is 8.29. The highest BCUT2D eigenvalue weighted by Crippen LogP contribution is 2.05. The summed E-state index contributed by atoms with van der Waals surface area (Å²) in [6.45, 7) is 3.21. The molecule has 0 amide bonds. The van der Waals surface area contributed by atoms with Crippen LogP contribution in [0.3, 0.4) is 0 Å². The second-order valence-electron chi connectivity index (χ2n) is 3.13. The van der Waals surface area contributed by atoms with Gasteiger partial charge in [-0.1, -0.05) is 6.08 Å². The minimum absolute atomic E-state index is 0.194. The van der Waals surface area contributed by atoms with E-state index in [2.05, 4.69) is 11.3 Å². The minimum atomic E-state index is -2.42. The van der Waals surface area contributed by atoms with E-state index in [0.29, 0.717) is 12.8 Å². The van der Waals surface area contributed by atoms with E-state index in [4.69, 9.17) is 0 Å². The predicted molar refractivity (Wildman–Crippen MR) is 51.5 cm³/mol. The van der Waals surface area contributed by atoms with Gasteiger partial charge in [-0.25, -0.2) is 8.78 Å². The molecule has 0 aromatic heterocycles. The lowest BCUT2D eigenvalue weighted by molar-refractivity contribution is 0.00409. The molecule has 2 nitrogen and oxygen atoms in total. The first kappa shape index (κ1) is 13.5. The number of hydrogen-bond acceptors (Lipinski definition) is 2. The monoisotopic (exact) mass is 208 g/mol. The molecule has 0 rings (SSSR count). The molecule has 0 saturated carbocycles. The van der Waals surface area contributed by atoms with E-state index in [0.717, 1.165) is 12.8 Å². The number of ether oxygens (including phenoxy) is 1. The van der Waals surface area contributed by atoms with Crippen LogP contribution in [-0.4, -0.2) is 30.8 Å². The maximum atomic E-state index is 11.6. The molecule has 0 radical (unpaired) electrons. The van der Waals surface area contributed by atoms with Crippen molar-refractivity contribution in [1.82, 2.24) is 0 Å². The average molecular weight is 208 g/mol. The zero-order chi connectivity index (χ0) is 10.8. The Hall–Kier alpha value is -0.480. The Morgan fingerprint density at radius 2 is 2.07 bits per heavy atom. The topological polar surface area (TPSA) is 29.5 Å². The average Bonchev–Trinajstić information content (AvgIpc) is 2.13. The second kappa shape index (κ2) is 9.09. The third-order valence-electron chi connectivity index (χ3n) is 1.78. The van der Waals surface area contributed by atoms with E-state index in [-0.39, 0.29) is 6.61 Å². The van der Waals surface area contributed by atoms with E-state index < -0.39 is 19.1 Å². The molecule has 0 aromatic carbocycles. The molecular formula is C10H18F2O2. The highest BCUT2D eigenvalue weighted by Gasteiger charge is 2.05. The molecule has 0 fully saturated rings. The summed E-state index contributed by atoms with van der Waals surface area (Å²) in [6.07, 6.45) is 1.75. The molecule has 0 spiro atoms. The lowest BCUT2D eigenvalue weighted by Crippen LogP contribution is -2.12. The molecule has 0 aliphatic carbocycles. The van der Waals surface area contributed by atoms with Crippen molar-refractivity contribution in [2.75, 3.05) is 13.2 Å². The molecule has 1 atom stereocenters. The normalized spacial score (nSPS) is 13.1. The van der Waals surface area contributed by atoms with Crippen LogP contribution in [0.5, 0.6) is 0 Å². The summed E-state index contributed by atoms with van der Waals surface area (Å²) >= 11 is 0. The van der Waals surface area contributed by atoms with Gasteiger partial charge < -0.3 is 9.84 Å². The van der Waals surface area contributed by atoms with Crippen LogP contribution in [0.1, 0.15) is 25.7 Å². The highest BCUT2D eigenvalue weighted by atomic mass is 19.3. The van der Waals surface area contributed by atoms with Crippen LogP contribution in [0.25, 0.3) is 0 Å². The second-order valence-corrected chi connectivity index (χ2v) is 3.13. The maximum absolute atomic E-state index is 11.6. The Balaban J connectivity index is 3.17. The van der Waals surface area contributed by atoms with Crippen LogP contribution in [0.15, 0.2) is 12.7 Å². The molecule has 0 heterocycles. The van der Waals surface area contributed by atoms with Gasteiger partial charge in [-0.3, -0.25) is 0 Å². The van der Waals surface area contributed by atoms with Crippen LogP contribution >= 0.6 is 0 Å². The third kappa shape index (κ3) is 9.61. The van der Waals surface area contributed by atoms with Gasteiger partial charge >= 0.3 is 0 Å². The fourth-order valence-electron chi connectivity index (χ4n) is 1.03. The molecule has 4 heteroatoms. The third-order valence-corrected chi connectivity index (χ3v) is 1.78. The fourth-order valence-corrected chi connectivity index (χ4v) is 1.03. The van der Waals surface area contributed by atoms with Crippen LogP contribution < -0.4 is 0 Å². The van der Waals surface area contributed by atoms with E-state index >= 15 is 0 Å². The standard InChI is InChI=1S/C10H18F2O2/c1-2-3-4-5-9(13)6-7-14-8-10(11)12/h2,9-10,13H,1,3-8H2. The van der Waals surface area contributed by atoms with E-state index in [1.165, 1.54) is 0 Å². The smallest absolute Gasteiger partial charge is 0.261 e. The zero-order valence-electron chi connectivity index (χ0n) is 8.29. The molecule has 0 saturated heterocycles. The van der Waals surface area contributed by atoms with Gasteiger partial charge in [0.1, 0.15) is 6.61 Å². The van der Waals surface area contributed by atoms with Gasteiger partial charge in [0, 0.05) is 6.61 Å². The molecule has 0 aliphatic rings. The van der Waals surface area contributed by atoms with E-state index in [1.807, 2.05) is 0 Å². The van der Waals surface area contributed by atoms with Crippen molar-refractivity contribution < 1.29 is 18.6 Å². The lowest BCUT2D eigenvalue weighted by atomic mass is 10.1. The van der Waals surface area contributed by atoms with Crippen molar-refractivity contribution in [1.29, 1.82) is 0 Å². The Morgan fingerprint density at radius 3 is 2.64 bits per heavy atom. The van der Waals surface area contributed by atoms with Crippen LogP contribution in [0.4, 0.5) is 8.78 Å². The first-order valence-corrected chi connectivity index (χ1v) is 4.81. The number of aliphatic hydroxyl groups is 1. The SMILES string of the molecule is C=CCCCC(O)CCOCC(F)F. The number of allylic oxidation sites excluding steroid dienone is 1. The molecule has 0 aromatic rings. The van der Waals surface area contributed by atoms with Crippen molar-refractivity contribution in [2.24, 2.45) is 0 Å². The summed E-state index contributed by atoms with van der Waals surface area (Å²) in [7, 11) is 0. The molecule has 1 unspecified atom stereocenters. The van der Waals surface area contributed by atoms with Gasteiger partial charge in [0.15, 0.2) is 0 Å². The van der Waals surface area contributed by atoms with E-state index in [9.17, 15) is 13.9 Å². The van der Waals surface area contributed by atoms with Crippen molar-refractivity contribution in [3.8, 4) is 0 Å². The van der Waals surface area contributed by atoms with Crippen LogP contribution in [-0.2, 0) is 4.74 Å². The lowest BCUT2D eigenvalue weighted by Gasteiger charge is -2.09. The summed E-state index contributed by atoms with van der Waals surface area (Å²) in [5.74, 6) is 0. The molecule has 84 valence electrons. The Bertz CT molecular complexity index is 140. The molecule has 0 bridgehead atoms. The summed E-state index contributed by atoms with van der Waals surface area (Å²) in [5, 5.41) is 9.34. The Kier molecular flexibility index (Phi) is 8.78. The Morgan fingerprint density at radius 1 is 1.36 bits per heavy atom. The van der Waals surface area contributed by atoms with Gasteiger partial charge in [0.05, 0.1) is 6.10 Å². The van der Waals surface area contributed by atoms with Crippen molar-refractivity contribution in [2.45, 2.75) is 38.2 Å². The number of rotatable bonds is 9. The van der Waals surface area contributed by atoms with E-state index in [1.54, 1.807) is 6.08 Å². The minimum Gasteiger partial charge on any atom is -0.393 e. The fraction of sp³-hybridized carbons (Fsp3) is 0.800. The number of aliphatic hydroxyl groups excluding tert-OH is 1. The van der Waals surface area contributed by atoms with Crippen molar-refractivity contribution in [3.63, 3.8) is 0 Å². The van der Waals surface area contributed by atoms with Gasteiger partial charge in [-0.05, 0) is 25.7 Å². The molecular weight excluding hydrogens is 190 g/mol. The number of alkyl halides is 2. The summed E-state index contributed by atoms with van der Waals surface area (Å²) in [5.41, 5.74) is 0. The van der Waals surface area contributed by atoms with Gasteiger partial charge in [-0.15, -0.1) is 6.58 Å². The van der Waals surface area contributed by atoms with Gasteiger partial charge in [0.2, 0.25) is 0 Å². The maximum Gasteiger partial charge on any atom is 0.261 e. The molecule has 1 N–H and O–H groups in total. The molecule has 14 heavy (non-hydrogen) atoms. The largest absolute Gasteiger partial charge is 0.393 e. The number of halogens is 2. The quantitative estimate of drug-likeness (QED) is 0.465. The highest BCUT2D eigenvalue weighted by molar-refractivity contribution is 4.67. The first-order valence-electron chi connectivity index (χ1n) is 4.81. The summed E-state index contributed by atoms with van der Waals surface area (Å²) in [6, 6.07) is 0. The van der Waals surface area contributed by atoms with Crippen molar-refractivity contribution in [3.05, 3.63) is 12.7 Å². The van der Waals surface area contributed by atoms with Crippen molar-refractivity contribution >= 4 is 0 Å². The van der Waals surface area contributed by atoms with Gasteiger partial charge in [0.25, 0.3) is 6.43 Å². The van der Waals surface area contributed by atoms with Crippen LogP contribution in [0.2, 0.25) is 0 Å². The summed E-state index contributed by atoms with van der Waals surface area (Å²) < 4.78 is 27.9. The predicted octanol–water partition coefficient (Wildman–Crippen LogP) is 2.38. The number of hydrogen-bond donors (Lipinski definition) is 1. The first-order chi connectivity index (χ1) is 6.66. The summed E-state index contributed by atoms with van der Waals surface area (Å²) in [4.78, 5) is 0. The number of unbranched alkanes of at least 4 members (excludes halogenated alkanes) is 1. The van der Waals surface area contributed by atoms with Gasteiger partial charge in [-0.2, -0.15) is 0 Å².